The van der Waals surface area contributed by atoms with Crippen molar-refractivity contribution in [3.8, 4) is 0 Å². The van der Waals surface area contributed by atoms with Crippen LogP contribution in [0.5, 0.6) is 0 Å². The first-order chi connectivity index (χ1) is 9.59. The van der Waals surface area contributed by atoms with Gasteiger partial charge in [-0.3, -0.25) is 0 Å². The standard InChI is InChI=1S/C17H21OS2/c1-17(2,19-11-5-6-12-19)20(18)16-10-9-14-7-3-4-8-15(14)13-16/h3-4,7-10,13H,5-6,11-12H2,1-2H3/q+1. The van der Waals surface area contributed by atoms with Gasteiger partial charge in [-0.1, -0.05) is 30.3 Å². The van der Waals surface area contributed by atoms with Crippen LogP contribution in [0.2, 0.25) is 0 Å². The molecule has 3 rings (SSSR count). The summed E-state index contributed by atoms with van der Waals surface area (Å²) in [6, 6.07) is 14.5. The Bertz CT molecular complexity index is 642. The zero-order chi connectivity index (χ0) is 14.2. The molecule has 0 spiro atoms. The van der Waals surface area contributed by atoms with E-state index in [0.717, 1.165) is 4.90 Å². The van der Waals surface area contributed by atoms with Gasteiger partial charge in [0.1, 0.15) is 22.3 Å². The van der Waals surface area contributed by atoms with E-state index < -0.39 is 10.8 Å². The van der Waals surface area contributed by atoms with Crippen LogP contribution in [-0.2, 0) is 21.7 Å². The first-order valence-electron chi connectivity index (χ1n) is 7.17. The van der Waals surface area contributed by atoms with Crippen LogP contribution in [0.15, 0.2) is 47.4 Å². The molecular weight excluding hydrogens is 284 g/mol. The fourth-order valence-electron chi connectivity index (χ4n) is 2.82. The van der Waals surface area contributed by atoms with Gasteiger partial charge >= 0.3 is 0 Å². The Morgan fingerprint density at radius 2 is 1.65 bits per heavy atom. The van der Waals surface area contributed by atoms with Crippen LogP contribution in [0.25, 0.3) is 10.8 Å². The summed E-state index contributed by atoms with van der Waals surface area (Å²) in [5.41, 5.74) is 0. The van der Waals surface area contributed by atoms with Crippen molar-refractivity contribution in [2.24, 2.45) is 0 Å². The van der Waals surface area contributed by atoms with Crippen molar-refractivity contribution in [2.45, 2.75) is 35.7 Å². The summed E-state index contributed by atoms with van der Waals surface area (Å²) >= 11 is 0. The van der Waals surface area contributed by atoms with Gasteiger partial charge in [-0.15, -0.1) is 0 Å². The largest absolute Gasteiger partial charge is 0.249 e. The lowest BCUT2D eigenvalue weighted by Gasteiger charge is -2.22. The smallest absolute Gasteiger partial charge is 0.200 e. The molecule has 1 atom stereocenters. The molecule has 106 valence electrons. The number of fused-ring (bicyclic) bond motifs is 1. The molecule has 0 N–H and O–H groups in total. The van der Waals surface area contributed by atoms with Crippen LogP contribution in [0.3, 0.4) is 0 Å². The summed E-state index contributed by atoms with van der Waals surface area (Å²) in [7, 11) is -0.629. The Balaban J connectivity index is 1.95. The maximum absolute atomic E-state index is 13.0. The molecule has 0 radical (unpaired) electrons. The summed E-state index contributed by atoms with van der Waals surface area (Å²) in [6.07, 6.45) is 2.61. The van der Waals surface area contributed by atoms with E-state index in [1.54, 1.807) is 0 Å². The van der Waals surface area contributed by atoms with Gasteiger partial charge in [0.05, 0.1) is 0 Å². The van der Waals surface area contributed by atoms with E-state index >= 15 is 0 Å². The summed E-state index contributed by atoms with van der Waals surface area (Å²) in [5, 5.41) is 2.40. The van der Waals surface area contributed by atoms with Crippen molar-refractivity contribution in [1.82, 2.24) is 0 Å². The predicted octanol–water partition coefficient (Wildman–Crippen LogP) is 4.10. The second-order valence-corrected chi connectivity index (χ2v) is 10.9. The molecule has 2 aromatic carbocycles. The topological polar surface area (TPSA) is 17.1 Å². The first kappa shape index (κ1) is 14.2. The van der Waals surface area contributed by atoms with Crippen LogP contribution in [0.1, 0.15) is 26.7 Å². The van der Waals surface area contributed by atoms with Crippen LogP contribution >= 0.6 is 0 Å². The van der Waals surface area contributed by atoms with Gasteiger partial charge in [0.2, 0.25) is 0 Å². The predicted molar refractivity (Wildman–Crippen MR) is 90.8 cm³/mol. The summed E-state index contributed by atoms with van der Waals surface area (Å²) < 4.78 is 12.9. The molecule has 0 amide bonds. The lowest BCUT2D eigenvalue weighted by Crippen LogP contribution is -2.38. The van der Waals surface area contributed by atoms with Crippen LogP contribution in [0, 0.1) is 0 Å². The fourth-order valence-corrected chi connectivity index (χ4v) is 7.75. The van der Waals surface area contributed by atoms with Crippen molar-refractivity contribution in [2.75, 3.05) is 11.5 Å². The molecule has 1 heterocycles. The van der Waals surface area contributed by atoms with Crippen molar-refractivity contribution >= 4 is 32.5 Å². The Morgan fingerprint density at radius 3 is 2.35 bits per heavy atom. The van der Waals surface area contributed by atoms with Crippen LogP contribution in [-0.4, -0.2) is 19.8 Å². The molecule has 0 saturated carbocycles. The molecule has 20 heavy (non-hydrogen) atoms. The highest BCUT2D eigenvalue weighted by atomic mass is 32.3. The van der Waals surface area contributed by atoms with Crippen molar-refractivity contribution in [3.05, 3.63) is 42.5 Å². The third kappa shape index (κ3) is 2.53. The van der Waals surface area contributed by atoms with Crippen LogP contribution in [0.4, 0.5) is 0 Å². The van der Waals surface area contributed by atoms with E-state index in [9.17, 15) is 4.21 Å². The minimum Gasteiger partial charge on any atom is -0.249 e. The molecular formula is C17H21OS2+. The summed E-state index contributed by atoms with van der Waals surface area (Å²) in [5.74, 6) is 2.51. The molecule has 1 aliphatic heterocycles. The minimum absolute atomic E-state index is 0.0983. The Labute approximate surface area is 126 Å². The van der Waals surface area contributed by atoms with Gasteiger partial charge in [-0.2, -0.15) is 0 Å². The van der Waals surface area contributed by atoms with E-state index in [0.29, 0.717) is 10.9 Å². The Kier molecular flexibility index (Phi) is 3.91. The fraction of sp³-hybridized carbons (Fsp3) is 0.412. The summed E-state index contributed by atoms with van der Waals surface area (Å²) in [6.45, 7) is 4.37. The third-order valence-corrected chi connectivity index (χ3v) is 9.80. The van der Waals surface area contributed by atoms with Gasteiger partial charge in [-0.25, -0.2) is 4.21 Å². The van der Waals surface area contributed by atoms with E-state index in [1.165, 1.54) is 35.1 Å². The molecule has 1 aliphatic rings. The van der Waals surface area contributed by atoms with Crippen molar-refractivity contribution in [1.29, 1.82) is 0 Å². The lowest BCUT2D eigenvalue weighted by molar-refractivity contribution is 0.672. The second-order valence-electron chi connectivity index (χ2n) is 5.79. The molecule has 0 bridgehead atoms. The molecule has 3 heteroatoms. The molecule has 1 unspecified atom stereocenters. The zero-order valence-electron chi connectivity index (χ0n) is 12.1. The van der Waals surface area contributed by atoms with E-state index in [2.05, 4.69) is 38.1 Å². The van der Waals surface area contributed by atoms with E-state index in [4.69, 9.17) is 0 Å². The second kappa shape index (κ2) is 5.53. The highest BCUT2D eigenvalue weighted by Gasteiger charge is 2.46. The molecule has 1 fully saturated rings. The number of hydrogen-bond donors (Lipinski definition) is 0. The average Bonchev–Trinajstić information content (AvgIpc) is 3.01. The number of hydrogen-bond acceptors (Lipinski definition) is 1. The van der Waals surface area contributed by atoms with Gasteiger partial charge in [0.15, 0.2) is 4.08 Å². The van der Waals surface area contributed by atoms with Gasteiger partial charge in [0.25, 0.3) is 0 Å². The quantitative estimate of drug-likeness (QED) is 0.780. The summed E-state index contributed by atoms with van der Waals surface area (Å²) in [4.78, 5) is 0.980. The van der Waals surface area contributed by atoms with Crippen molar-refractivity contribution < 1.29 is 4.21 Å². The van der Waals surface area contributed by atoms with E-state index in [1.807, 2.05) is 18.2 Å². The monoisotopic (exact) mass is 305 g/mol. The highest BCUT2D eigenvalue weighted by Crippen LogP contribution is 2.34. The Morgan fingerprint density at radius 1 is 1.00 bits per heavy atom. The molecule has 0 aliphatic carbocycles. The van der Waals surface area contributed by atoms with Crippen LogP contribution < -0.4 is 0 Å². The molecule has 1 saturated heterocycles. The molecule has 2 aromatic rings. The number of benzene rings is 2. The van der Waals surface area contributed by atoms with Crippen molar-refractivity contribution in [3.63, 3.8) is 0 Å². The minimum atomic E-state index is -0.927. The maximum atomic E-state index is 13.0. The van der Waals surface area contributed by atoms with Gasteiger partial charge in [-0.05, 0) is 49.6 Å². The number of rotatable bonds is 3. The average molecular weight is 305 g/mol. The van der Waals surface area contributed by atoms with E-state index in [-0.39, 0.29) is 4.08 Å². The zero-order valence-corrected chi connectivity index (χ0v) is 13.7. The van der Waals surface area contributed by atoms with Gasteiger partial charge < -0.3 is 0 Å². The molecule has 1 nitrogen and oxygen atoms in total. The molecule has 0 aromatic heterocycles. The lowest BCUT2D eigenvalue weighted by atomic mass is 10.1. The third-order valence-electron chi connectivity index (χ3n) is 4.11. The Hall–Kier alpha value is -0.800. The normalized spacial score (nSPS) is 18.5. The highest BCUT2D eigenvalue weighted by molar-refractivity contribution is 8.10. The SMILES string of the molecule is CC(C)(S(=O)c1ccc2ccccc2c1)[S+]1CCCC1. The maximum Gasteiger partial charge on any atom is 0.200 e. The van der Waals surface area contributed by atoms with Gasteiger partial charge in [0, 0.05) is 15.8 Å². The first-order valence-corrected chi connectivity index (χ1v) is 9.88.